The SMILES string of the molecule is Cc1cc(F)cc(C(=O)NCCCN2CCNCC2)c1[N+](=O)[O-]. The van der Waals surface area contributed by atoms with Crippen molar-refractivity contribution in [3.8, 4) is 0 Å². The van der Waals surface area contributed by atoms with Crippen LogP contribution in [-0.2, 0) is 0 Å². The molecule has 0 radical (unpaired) electrons. The molecular formula is C15H21FN4O3. The summed E-state index contributed by atoms with van der Waals surface area (Å²) in [7, 11) is 0. The molecule has 126 valence electrons. The summed E-state index contributed by atoms with van der Waals surface area (Å²) in [5, 5.41) is 17.0. The van der Waals surface area contributed by atoms with E-state index in [0.717, 1.165) is 51.3 Å². The highest BCUT2D eigenvalue weighted by Gasteiger charge is 2.24. The maximum absolute atomic E-state index is 13.4. The zero-order valence-corrected chi connectivity index (χ0v) is 13.1. The van der Waals surface area contributed by atoms with Gasteiger partial charge in [-0.1, -0.05) is 0 Å². The van der Waals surface area contributed by atoms with Crippen molar-refractivity contribution in [3.05, 3.63) is 39.2 Å². The average molecular weight is 324 g/mol. The van der Waals surface area contributed by atoms with E-state index < -0.39 is 16.6 Å². The van der Waals surface area contributed by atoms with Gasteiger partial charge in [0.15, 0.2) is 0 Å². The van der Waals surface area contributed by atoms with E-state index in [1.807, 2.05) is 0 Å². The van der Waals surface area contributed by atoms with Crippen LogP contribution >= 0.6 is 0 Å². The van der Waals surface area contributed by atoms with E-state index in [0.29, 0.717) is 6.54 Å². The summed E-state index contributed by atoms with van der Waals surface area (Å²) in [5.74, 6) is -1.27. The van der Waals surface area contributed by atoms with Crippen LogP contribution in [0.3, 0.4) is 0 Å². The Balaban J connectivity index is 1.91. The molecule has 1 saturated heterocycles. The Labute approximate surface area is 134 Å². The first-order valence-electron chi connectivity index (χ1n) is 7.65. The Morgan fingerprint density at radius 1 is 1.43 bits per heavy atom. The van der Waals surface area contributed by atoms with Crippen LogP contribution in [0.5, 0.6) is 0 Å². The van der Waals surface area contributed by atoms with E-state index in [1.54, 1.807) is 0 Å². The molecule has 8 heteroatoms. The summed E-state index contributed by atoms with van der Waals surface area (Å²) in [6.45, 7) is 6.54. The molecule has 1 aliphatic rings. The van der Waals surface area contributed by atoms with E-state index >= 15 is 0 Å². The van der Waals surface area contributed by atoms with E-state index in [-0.39, 0.29) is 16.8 Å². The highest BCUT2D eigenvalue weighted by Crippen LogP contribution is 2.24. The third-order valence-electron chi connectivity index (χ3n) is 3.84. The smallest absolute Gasteiger partial charge is 0.285 e. The van der Waals surface area contributed by atoms with Crippen molar-refractivity contribution < 1.29 is 14.1 Å². The first kappa shape index (κ1) is 17.3. The number of nitrogens with one attached hydrogen (secondary N) is 2. The maximum Gasteiger partial charge on any atom is 0.285 e. The lowest BCUT2D eigenvalue weighted by molar-refractivity contribution is -0.385. The van der Waals surface area contributed by atoms with Crippen LogP contribution in [0.2, 0.25) is 0 Å². The lowest BCUT2D eigenvalue weighted by Crippen LogP contribution is -2.44. The second kappa shape index (κ2) is 7.98. The average Bonchev–Trinajstić information content (AvgIpc) is 2.51. The molecule has 0 aromatic heterocycles. The molecule has 2 N–H and O–H groups in total. The third-order valence-corrected chi connectivity index (χ3v) is 3.84. The Morgan fingerprint density at radius 2 is 2.13 bits per heavy atom. The fraction of sp³-hybridized carbons (Fsp3) is 0.533. The van der Waals surface area contributed by atoms with Gasteiger partial charge in [-0.15, -0.1) is 0 Å². The number of nitro benzene ring substituents is 1. The number of nitrogens with zero attached hydrogens (tertiary/aromatic N) is 2. The van der Waals surface area contributed by atoms with Crippen LogP contribution in [0.15, 0.2) is 12.1 Å². The van der Waals surface area contributed by atoms with E-state index in [4.69, 9.17) is 0 Å². The van der Waals surface area contributed by atoms with Crippen molar-refractivity contribution in [2.24, 2.45) is 0 Å². The number of piperazine rings is 1. The van der Waals surface area contributed by atoms with Gasteiger partial charge in [0.05, 0.1) is 4.92 Å². The van der Waals surface area contributed by atoms with Crippen LogP contribution in [0.25, 0.3) is 0 Å². The van der Waals surface area contributed by atoms with Gasteiger partial charge in [-0.3, -0.25) is 14.9 Å². The van der Waals surface area contributed by atoms with Crippen LogP contribution in [0.1, 0.15) is 22.3 Å². The molecule has 0 spiro atoms. The molecule has 7 nitrogen and oxygen atoms in total. The molecule has 1 aromatic rings. The lowest BCUT2D eigenvalue weighted by Gasteiger charge is -2.27. The number of amides is 1. The van der Waals surface area contributed by atoms with Crippen molar-refractivity contribution in [3.63, 3.8) is 0 Å². The predicted octanol–water partition coefficient (Wildman–Crippen LogP) is 1.07. The topological polar surface area (TPSA) is 87.5 Å². The van der Waals surface area contributed by atoms with Gasteiger partial charge in [-0.2, -0.15) is 0 Å². The van der Waals surface area contributed by atoms with Crippen molar-refractivity contribution in [2.75, 3.05) is 39.3 Å². The predicted molar refractivity (Wildman–Crippen MR) is 84.1 cm³/mol. The van der Waals surface area contributed by atoms with Gasteiger partial charge >= 0.3 is 0 Å². The molecule has 2 rings (SSSR count). The number of hydrogen-bond acceptors (Lipinski definition) is 5. The second-order valence-electron chi connectivity index (χ2n) is 5.58. The van der Waals surface area contributed by atoms with Crippen LogP contribution in [0.4, 0.5) is 10.1 Å². The molecule has 1 fully saturated rings. The first-order valence-corrected chi connectivity index (χ1v) is 7.65. The molecule has 0 saturated carbocycles. The van der Waals surface area contributed by atoms with Gasteiger partial charge < -0.3 is 15.5 Å². The number of benzene rings is 1. The summed E-state index contributed by atoms with van der Waals surface area (Å²) in [5.41, 5.74) is -0.429. The summed E-state index contributed by atoms with van der Waals surface area (Å²) in [4.78, 5) is 24.8. The number of nitro groups is 1. The fourth-order valence-corrected chi connectivity index (χ4v) is 2.69. The first-order chi connectivity index (χ1) is 11.0. The summed E-state index contributed by atoms with van der Waals surface area (Å²) in [6, 6.07) is 1.97. The van der Waals surface area contributed by atoms with Gasteiger partial charge in [0, 0.05) is 38.3 Å². The van der Waals surface area contributed by atoms with E-state index in [2.05, 4.69) is 15.5 Å². The van der Waals surface area contributed by atoms with Gasteiger partial charge in [-0.05, 0) is 32.0 Å². The summed E-state index contributed by atoms with van der Waals surface area (Å²) < 4.78 is 13.4. The van der Waals surface area contributed by atoms with Crippen molar-refractivity contribution >= 4 is 11.6 Å². The van der Waals surface area contributed by atoms with Gasteiger partial charge in [0.1, 0.15) is 11.4 Å². The van der Waals surface area contributed by atoms with Crippen molar-refractivity contribution in [1.29, 1.82) is 0 Å². The largest absolute Gasteiger partial charge is 0.352 e. The molecular weight excluding hydrogens is 303 g/mol. The van der Waals surface area contributed by atoms with Crippen LogP contribution in [-0.4, -0.2) is 55.0 Å². The molecule has 1 aliphatic heterocycles. The van der Waals surface area contributed by atoms with Gasteiger partial charge in [0.25, 0.3) is 11.6 Å². The molecule has 0 unspecified atom stereocenters. The van der Waals surface area contributed by atoms with Gasteiger partial charge in [-0.25, -0.2) is 4.39 Å². The fourth-order valence-electron chi connectivity index (χ4n) is 2.69. The Morgan fingerprint density at radius 3 is 2.78 bits per heavy atom. The number of hydrogen-bond donors (Lipinski definition) is 2. The number of carbonyl (C=O) groups is 1. The second-order valence-corrected chi connectivity index (χ2v) is 5.58. The Bertz CT molecular complexity index is 588. The van der Waals surface area contributed by atoms with Crippen LogP contribution in [0, 0.1) is 22.9 Å². The highest BCUT2D eigenvalue weighted by molar-refractivity contribution is 5.98. The monoisotopic (exact) mass is 324 g/mol. The van der Waals surface area contributed by atoms with Crippen molar-refractivity contribution in [2.45, 2.75) is 13.3 Å². The number of carbonyl (C=O) groups excluding carboxylic acids is 1. The Kier molecular flexibility index (Phi) is 6.00. The summed E-state index contributed by atoms with van der Waals surface area (Å²) >= 11 is 0. The number of aryl methyl sites for hydroxylation is 1. The van der Waals surface area contributed by atoms with Crippen LogP contribution < -0.4 is 10.6 Å². The molecule has 23 heavy (non-hydrogen) atoms. The quantitative estimate of drug-likeness (QED) is 0.464. The van der Waals surface area contributed by atoms with E-state index in [1.165, 1.54) is 6.92 Å². The molecule has 0 atom stereocenters. The maximum atomic E-state index is 13.4. The van der Waals surface area contributed by atoms with Gasteiger partial charge in [0.2, 0.25) is 0 Å². The summed E-state index contributed by atoms with van der Waals surface area (Å²) in [6.07, 6.45) is 0.744. The standard InChI is InChI=1S/C15H21FN4O3/c1-11-9-12(16)10-13(14(11)20(22)23)15(21)18-3-2-6-19-7-4-17-5-8-19/h9-10,17H,2-8H2,1H3,(H,18,21). The number of rotatable bonds is 6. The third kappa shape index (κ3) is 4.70. The molecule has 0 bridgehead atoms. The molecule has 1 amide bonds. The minimum absolute atomic E-state index is 0.140. The molecule has 1 heterocycles. The minimum Gasteiger partial charge on any atom is -0.352 e. The Hall–Kier alpha value is -2.06. The zero-order chi connectivity index (χ0) is 16.8. The lowest BCUT2D eigenvalue weighted by atomic mass is 10.1. The zero-order valence-electron chi connectivity index (χ0n) is 13.1. The van der Waals surface area contributed by atoms with E-state index in [9.17, 15) is 19.3 Å². The van der Waals surface area contributed by atoms with Crippen molar-refractivity contribution in [1.82, 2.24) is 15.5 Å². The number of halogens is 1. The highest BCUT2D eigenvalue weighted by atomic mass is 19.1. The minimum atomic E-state index is -0.654. The normalized spacial score (nSPS) is 15.4. The molecule has 0 aliphatic carbocycles. The molecule has 1 aromatic carbocycles.